The largest absolute Gasteiger partial charge is 0.463 e. The number of aliphatic hydroxyl groups is 1. The van der Waals surface area contributed by atoms with Crippen molar-refractivity contribution < 1.29 is 24.1 Å². The second kappa shape index (κ2) is 34.7. The Morgan fingerprint density at radius 3 is 1.52 bits per heavy atom. The van der Waals surface area contributed by atoms with Gasteiger partial charge >= 0.3 is 5.97 Å². The summed E-state index contributed by atoms with van der Waals surface area (Å²) in [5.41, 5.74) is 0. The van der Waals surface area contributed by atoms with Gasteiger partial charge in [0, 0.05) is 19.6 Å². The van der Waals surface area contributed by atoms with E-state index in [1.165, 1.54) is 180 Å². The van der Waals surface area contributed by atoms with Crippen LogP contribution in [0.4, 0.5) is 0 Å². The first-order chi connectivity index (χ1) is 28.5. The number of ether oxygens (including phenoxy) is 3. The molecule has 3 rings (SSSR count). The summed E-state index contributed by atoms with van der Waals surface area (Å²) in [6.45, 7) is 8.94. The zero-order valence-electron chi connectivity index (χ0n) is 38.9. The summed E-state index contributed by atoms with van der Waals surface area (Å²) < 4.78 is 18.2. The number of hydrogen-bond donors (Lipinski definition) is 1. The molecule has 3 aliphatic carbocycles. The van der Waals surface area contributed by atoms with Crippen molar-refractivity contribution in [2.75, 3.05) is 26.4 Å². The number of hydrogen-bond acceptors (Lipinski definition) is 5. The average molecular weight is 815 g/mol. The lowest BCUT2D eigenvalue weighted by Crippen LogP contribution is -2.29. The van der Waals surface area contributed by atoms with Gasteiger partial charge in [-0.3, -0.25) is 4.79 Å². The van der Waals surface area contributed by atoms with Crippen LogP contribution in [0, 0.1) is 35.5 Å². The van der Waals surface area contributed by atoms with E-state index in [1.54, 1.807) is 0 Å². The second-order valence-corrected chi connectivity index (χ2v) is 19.6. The van der Waals surface area contributed by atoms with Crippen molar-refractivity contribution in [3.8, 4) is 0 Å². The van der Waals surface area contributed by atoms with E-state index in [0.29, 0.717) is 19.6 Å². The Bertz CT molecular complexity index is 982. The Hall–Kier alpha value is -0.910. The average Bonchev–Trinajstić information content (AvgIpc) is 4.14. The van der Waals surface area contributed by atoms with E-state index in [4.69, 9.17) is 14.2 Å². The first-order valence-corrected chi connectivity index (χ1v) is 26.2. The zero-order valence-corrected chi connectivity index (χ0v) is 38.9. The summed E-state index contributed by atoms with van der Waals surface area (Å²) in [5.74, 6) is 4.39. The van der Waals surface area contributed by atoms with Gasteiger partial charge in [-0.05, 0) is 86.9 Å². The fraction of sp³-hybridized carbons (Fsp3) is 0.943. The molecule has 3 saturated carbocycles. The van der Waals surface area contributed by atoms with Crippen LogP contribution < -0.4 is 0 Å². The number of rotatable bonds is 42. The fourth-order valence-corrected chi connectivity index (χ4v) is 10.2. The molecule has 0 radical (unpaired) electrons. The third-order valence-electron chi connectivity index (χ3n) is 14.3. The van der Waals surface area contributed by atoms with E-state index in [1.807, 2.05) is 0 Å². The van der Waals surface area contributed by atoms with E-state index >= 15 is 0 Å². The van der Waals surface area contributed by atoms with Gasteiger partial charge in [-0.15, -0.1) is 0 Å². The molecule has 58 heavy (non-hydrogen) atoms. The molecule has 0 aromatic rings. The molecule has 0 heterocycles. The van der Waals surface area contributed by atoms with Gasteiger partial charge in [0.25, 0.3) is 0 Å². The lowest BCUT2D eigenvalue weighted by Gasteiger charge is -2.21. The smallest absolute Gasteiger partial charge is 0.306 e. The van der Waals surface area contributed by atoms with Crippen molar-refractivity contribution in [2.45, 2.75) is 258 Å². The van der Waals surface area contributed by atoms with E-state index < -0.39 is 0 Å². The van der Waals surface area contributed by atoms with Crippen LogP contribution in [0.1, 0.15) is 245 Å². The lowest BCUT2D eigenvalue weighted by atomic mass is 9.89. The predicted molar refractivity (Wildman–Crippen MR) is 246 cm³/mol. The molecule has 8 atom stereocenters. The first kappa shape index (κ1) is 51.4. The molecule has 0 aliphatic heterocycles. The lowest BCUT2D eigenvalue weighted by molar-refractivity contribution is -0.151. The second-order valence-electron chi connectivity index (χ2n) is 19.6. The molecule has 0 bridgehead atoms. The molecule has 5 nitrogen and oxygen atoms in total. The van der Waals surface area contributed by atoms with Crippen molar-refractivity contribution in [1.82, 2.24) is 0 Å². The summed E-state index contributed by atoms with van der Waals surface area (Å²) in [4.78, 5) is 13.0. The molecule has 1 N–H and O–H groups in total. The van der Waals surface area contributed by atoms with Crippen LogP contribution in [0.25, 0.3) is 0 Å². The highest BCUT2D eigenvalue weighted by atomic mass is 16.6. The van der Waals surface area contributed by atoms with E-state index in [-0.39, 0.29) is 36.6 Å². The summed E-state index contributed by atoms with van der Waals surface area (Å²) in [5, 5.41) is 10.5. The van der Waals surface area contributed by atoms with Crippen LogP contribution in [0.5, 0.6) is 0 Å². The maximum Gasteiger partial charge on any atom is 0.306 e. The number of aliphatic hydroxyl groups excluding tert-OH is 1. The van der Waals surface area contributed by atoms with Crippen LogP contribution in [-0.2, 0) is 19.0 Å². The van der Waals surface area contributed by atoms with Crippen molar-refractivity contribution in [3.05, 3.63) is 12.2 Å². The molecule has 0 aromatic carbocycles. The SMILES string of the molecule is CC/C=C\CC1C(O)CCC1CC(=O)OCC(COCCCCCCCCC1CC1CCCCCCCC)OCCCCCCCCC1CC1CCCCCCCC. The predicted octanol–water partition coefficient (Wildman–Crippen LogP) is 15.3. The van der Waals surface area contributed by atoms with Gasteiger partial charge in [-0.2, -0.15) is 0 Å². The molecule has 340 valence electrons. The van der Waals surface area contributed by atoms with Crippen LogP contribution in [0.2, 0.25) is 0 Å². The Kier molecular flexibility index (Phi) is 30.7. The number of carbonyl (C=O) groups excluding carboxylic acids is 1. The maximum atomic E-state index is 13.0. The summed E-state index contributed by atoms with van der Waals surface area (Å²) in [6, 6.07) is 0. The van der Waals surface area contributed by atoms with Crippen LogP contribution >= 0.6 is 0 Å². The van der Waals surface area contributed by atoms with Gasteiger partial charge < -0.3 is 19.3 Å². The van der Waals surface area contributed by atoms with Crippen molar-refractivity contribution in [2.24, 2.45) is 35.5 Å². The Morgan fingerprint density at radius 1 is 0.552 bits per heavy atom. The Balaban J connectivity index is 1.21. The van der Waals surface area contributed by atoms with Gasteiger partial charge in [0.15, 0.2) is 0 Å². The van der Waals surface area contributed by atoms with E-state index in [9.17, 15) is 9.90 Å². The normalized spacial score (nSPS) is 24.5. The number of esters is 1. The van der Waals surface area contributed by atoms with Gasteiger partial charge in [-0.25, -0.2) is 0 Å². The molecule has 0 spiro atoms. The van der Waals surface area contributed by atoms with Gasteiger partial charge in [-0.1, -0.05) is 200 Å². The molecular weight excluding hydrogens is 717 g/mol. The molecule has 3 aliphatic rings. The minimum absolute atomic E-state index is 0.150. The Morgan fingerprint density at radius 2 is 1.02 bits per heavy atom. The minimum Gasteiger partial charge on any atom is -0.463 e. The van der Waals surface area contributed by atoms with Gasteiger partial charge in [0.05, 0.1) is 12.7 Å². The fourth-order valence-electron chi connectivity index (χ4n) is 10.2. The Labute approximate surface area is 360 Å². The standard InChI is InChI=1S/C53H98O5/c1-4-7-10-12-18-25-31-45-40-47(45)33-27-20-14-16-22-29-38-56-43-50(44-58-53(55)42-49-36-37-52(54)51(49)35-24-9-6-3)57-39-30-23-17-15-21-28-34-48-41-46(48)32-26-19-13-11-8-5-2/h9,24,45-52,54H,4-8,10-23,25-44H2,1-3H3/b24-9-. The molecule has 8 unspecified atom stereocenters. The molecule has 5 heteroatoms. The van der Waals surface area contributed by atoms with Gasteiger partial charge in [0.2, 0.25) is 0 Å². The minimum atomic E-state index is -0.316. The highest BCUT2D eigenvalue weighted by Crippen LogP contribution is 2.46. The first-order valence-electron chi connectivity index (χ1n) is 26.2. The molecule has 0 amide bonds. The van der Waals surface area contributed by atoms with Crippen molar-refractivity contribution in [1.29, 1.82) is 0 Å². The van der Waals surface area contributed by atoms with Gasteiger partial charge in [0.1, 0.15) is 12.7 Å². The van der Waals surface area contributed by atoms with Crippen molar-refractivity contribution >= 4 is 5.97 Å². The quantitative estimate of drug-likeness (QED) is 0.0378. The molecular formula is C53H98O5. The molecule has 3 fully saturated rings. The van der Waals surface area contributed by atoms with E-state index in [0.717, 1.165) is 68.8 Å². The highest BCUT2D eigenvalue weighted by Gasteiger charge is 2.37. The highest BCUT2D eigenvalue weighted by molar-refractivity contribution is 5.69. The zero-order chi connectivity index (χ0) is 41.3. The van der Waals surface area contributed by atoms with Crippen LogP contribution in [-0.4, -0.2) is 49.7 Å². The van der Waals surface area contributed by atoms with Crippen molar-refractivity contribution in [3.63, 3.8) is 0 Å². The third-order valence-corrected chi connectivity index (χ3v) is 14.3. The van der Waals surface area contributed by atoms with E-state index in [2.05, 4.69) is 32.9 Å². The molecule has 0 aromatic heterocycles. The number of allylic oxidation sites excluding steroid dienone is 2. The molecule has 0 saturated heterocycles. The summed E-state index contributed by atoms with van der Waals surface area (Å²) >= 11 is 0. The summed E-state index contributed by atoms with van der Waals surface area (Å²) in [7, 11) is 0. The van der Waals surface area contributed by atoms with Crippen LogP contribution in [0.15, 0.2) is 12.2 Å². The number of unbranched alkanes of at least 4 members (excludes halogenated alkanes) is 20. The van der Waals surface area contributed by atoms with Crippen LogP contribution in [0.3, 0.4) is 0 Å². The monoisotopic (exact) mass is 815 g/mol. The maximum absolute atomic E-state index is 13.0. The number of carbonyl (C=O) groups is 1. The topological polar surface area (TPSA) is 65.0 Å². The third kappa shape index (κ3) is 25.8. The summed E-state index contributed by atoms with van der Waals surface area (Å²) in [6.07, 6.45) is 49.2.